The van der Waals surface area contributed by atoms with Gasteiger partial charge in [-0.1, -0.05) is 18.2 Å². The number of thioether (sulfide) groups is 1. The second-order valence-corrected chi connectivity index (χ2v) is 5.10. The van der Waals surface area contributed by atoms with Crippen molar-refractivity contribution in [2.45, 2.75) is 23.3 Å². The molecule has 0 saturated heterocycles. The lowest BCUT2D eigenvalue weighted by molar-refractivity contribution is -0.0170. The second kappa shape index (κ2) is 5.54. The molecule has 0 fully saturated rings. The van der Waals surface area contributed by atoms with Crippen molar-refractivity contribution in [1.82, 2.24) is 0 Å². The first-order chi connectivity index (χ1) is 8.32. The van der Waals surface area contributed by atoms with Crippen LogP contribution in [0.3, 0.4) is 0 Å². The Bertz CT molecular complexity index is 430. The fourth-order valence-electron chi connectivity index (χ4n) is 1.97. The van der Waals surface area contributed by atoms with E-state index in [4.69, 9.17) is 9.84 Å². The third-order valence-electron chi connectivity index (χ3n) is 2.87. The minimum Gasteiger partial charge on any atom is -0.396 e. The number of aliphatic hydroxyl groups excluding tert-OH is 1. The molecule has 1 aliphatic heterocycles. The summed E-state index contributed by atoms with van der Waals surface area (Å²) in [6.45, 7) is 0.515. The van der Waals surface area contributed by atoms with E-state index in [1.54, 1.807) is 11.8 Å². The lowest BCUT2D eigenvalue weighted by atomic mass is 9.91. The van der Waals surface area contributed by atoms with Gasteiger partial charge in [0.25, 0.3) is 0 Å². The van der Waals surface area contributed by atoms with Gasteiger partial charge in [-0.15, -0.1) is 11.8 Å². The van der Waals surface area contributed by atoms with Crippen molar-refractivity contribution in [3.63, 3.8) is 0 Å². The van der Waals surface area contributed by atoms with Gasteiger partial charge >= 0.3 is 0 Å². The van der Waals surface area contributed by atoms with Gasteiger partial charge in [0, 0.05) is 29.2 Å². The summed E-state index contributed by atoms with van der Waals surface area (Å²) < 4.78 is 5.75. The molecular weight excluding hydrogens is 234 g/mol. The zero-order valence-electron chi connectivity index (χ0n) is 9.56. The highest BCUT2D eigenvalue weighted by atomic mass is 32.2. The summed E-state index contributed by atoms with van der Waals surface area (Å²) in [6.07, 6.45) is 1.27. The molecule has 1 aliphatic rings. The largest absolute Gasteiger partial charge is 0.396 e. The number of hydrogen-bond acceptors (Lipinski definition) is 4. The number of aliphatic hydroxyl groups is 1. The maximum Gasteiger partial charge on any atom is 0.181 e. The average Bonchev–Trinajstić information content (AvgIpc) is 2.39. The highest BCUT2D eigenvalue weighted by Gasteiger charge is 2.37. The van der Waals surface area contributed by atoms with E-state index in [9.17, 15) is 5.26 Å². The molecule has 2 rings (SSSR count). The van der Waals surface area contributed by atoms with Crippen LogP contribution < -0.4 is 0 Å². The van der Waals surface area contributed by atoms with Crippen LogP contribution in [-0.4, -0.2) is 24.1 Å². The van der Waals surface area contributed by atoms with Crippen LogP contribution in [0.4, 0.5) is 0 Å². The van der Waals surface area contributed by atoms with Gasteiger partial charge in [0.2, 0.25) is 0 Å². The van der Waals surface area contributed by atoms with E-state index >= 15 is 0 Å². The lowest BCUT2D eigenvalue weighted by Crippen LogP contribution is -2.32. The molecule has 4 heteroatoms. The van der Waals surface area contributed by atoms with Gasteiger partial charge in [-0.3, -0.25) is 0 Å². The van der Waals surface area contributed by atoms with E-state index in [1.807, 2.05) is 24.3 Å². The molecule has 0 aromatic heterocycles. The van der Waals surface area contributed by atoms with Gasteiger partial charge < -0.3 is 9.84 Å². The Morgan fingerprint density at radius 2 is 2.29 bits per heavy atom. The molecule has 0 saturated carbocycles. The second-order valence-electron chi connectivity index (χ2n) is 3.96. The summed E-state index contributed by atoms with van der Waals surface area (Å²) in [6, 6.07) is 10.2. The number of nitriles is 1. The number of hydrogen-bond donors (Lipinski definition) is 1. The summed E-state index contributed by atoms with van der Waals surface area (Å²) in [5.74, 6) is 0.893. The van der Waals surface area contributed by atoms with Crippen molar-refractivity contribution in [3.05, 3.63) is 29.8 Å². The van der Waals surface area contributed by atoms with Crippen molar-refractivity contribution in [2.24, 2.45) is 0 Å². The molecule has 0 amide bonds. The molecule has 0 aliphatic carbocycles. The zero-order chi connectivity index (χ0) is 12.1. The molecule has 1 heterocycles. The Morgan fingerprint density at radius 1 is 1.47 bits per heavy atom. The molecule has 0 spiro atoms. The monoisotopic (exact) mass is 249 g/mol. The summed E-state index contributed by atoms with van der Waals surface area (Å²) >= 11 is 1.77. The maximum absolute atomic E-state index is 9.44. The smallest absolute Gasteiger partial charge is 0.181 e. The van der Waals surface area contributed by atoms with Gasteiger partial charge in [-0.25, -0.2) is 0 Å². The van der Waals surface area contributed by atoms with Crippen molar-refractivity contribution in [1.29, 1.82) is 5.26 Å². The highest BCUT2D eigenvalue weighted by molar-refractivity contribution is 7.99. The molecule has 3 nitrogen and oxygen atoms in total. The molecule has 1 aromatic rings. The standard InChI is InChI=1S/C13H15NO2S/c14-10-13(16-8-3-7-15)6-9-17-12-5-2-1-4-11(12)13/h1-2,4-5,15H,3,6-9H2. The van der Waals surface area contributed by atoms with Crippen molar-refractivity contribution < 1.29 is 9.84 Å². The van der Waals surface area contributed by atoms with Crippen LogP contribution in [0.5, 0.6) is 0 Å². The first-order valence-electron chi connectivity index (χ1n) is 5.71. The molecular formula is C13H15NO2S. The minimum absolute atomic E-state index is 0.0951. The third-order valence-corrected chi connectivity index (χ3v) is 3.94. The fraction of sp³-hybridized carbons (Fsp3) is 0.462. The van der Waals surface area contributed by atoms with Gasteiger partial charge in [-0.2, -0.15) is 5.26 Å². The molecule has 1 atom stereocenters. The van der Waals surface area contributed by atoms with Crippen LogP contribution in [0, 0.1) is 11.3 Å². The van der Waals surface area contributed by atoms with Crippen molar-refractivity contribution in [2.75, 3.05) is 19.0 Å². The Morgan fingerprint density at radius 3 is 3.06 bits per heavy atom. The summed E-state index contributed by atoms with van der Waals surface area (Å²) in [7, 11) is 0. The lowest BCUT2D eigenvalue weighted by Gasteiger charge is -2.32. The van der Waals surface area contributed by atoms with E-state index in [-0.39, 0.29) is 6.61 Å². The third kappa shape index (κ3) is 2.47. The van der Waals surface area contributed by atoms with E-state index < -0.39 is 5.60 Å². The van der Waals surface area contributed by atoms with Crippen LogP contribution >= 0.6 is 11.8 Å². The van der Waals surface area contributed by atoms with Gasteiger partial charge in [0.05, 0.1) is 6.61 Å². The topological polar surface area (TPSA) is 53.2 Å². The SMILES string of the molecule is N#CC1(OCCCO)CCSc2ccccc21. The van der Waals surface area contributed by atoms with Crippen LogP contribution in [0.2, 0.25) is 0 Å². The van der Waals surface area contributed by atoms with E-state index in [1.165, 1.54) is 0 Å². The minimum atomic E-state index is -0.822. The molecule has 1 aromatic carbocycles. The normalized spacial score (nSPS) is 22.8. The van der Waals surface area contributed by atoms with E-state index in [0.29, 0.717) is 19.4 Å². The quantitative estimate of drug-likeness (QED) is 0.832. The summed E-state index contributed by atoms with van der Waals surface area (Å²) in [5, 5.41) is 18.2. The first-order valence-corrected chi connectivity index (χ1v) is 6.69. The Balaban J connectivity index is 2.27. The Hall–Kier alpha value is -1.02. The number of ether oxygens (including phenoxy) is 1. The fourth-order valence-corrected chi connectivity index (χ4v) is 3.15. The molecule has 17 heavy (non-hydrogen) atoms. The molecule has 0 radical (unpaired) electrons. The van der Waals surface area contributed by atoms with Crippen LogP contribution in [0.25, 0.3) is 0 Å². The van der Waals surface area contributed by atoms with E-state index in [2.05, 4.69) is 6.07 Å². The number of fused-ring (bicyclic) bond motifs is 1. The number of rotatable bonds is 4. The first kappa shape index (κ1) is 12.4. The maximum atomic E-state index is 9.44. The molecule has 0 bridgehead atoms. The highest BCUT2D eigenvalue weighted by Crippen LogP contribution is 2.42. The van der Waals surface area contributed by atoms with Gasteiger partial charge in [0.1, 0.15) is 6.07 Å². The number of nitrogens with zero attached hydrogens (tertiary/aromatic N) is 1. The van der Waals surface area contributed by atoms with E-state index in [0.717, 1.165) is 16.2 Å². The van der Waals surface area contributed by atoms with Gasteiger partial charge in [-0.05, 0) is 12.5 Å². The Labute approximate surface area is 105 Å². The summed E-state index contributed by atoms with van der Waals surface area (Å²) in [4.78, 5) is 1.13. The molecule has 1 unspecified atom stereocenters. The predicted octanol–water partition coefficient (Wildman–Crippen LogP) is 2.30. The predicted molar refractivity (Wildman–Crippen MR) is 66.7 cm³/mol. The van der Waals surface area contributed by atoms with Gasteiger partial charge in [0.15, 0.2) is 5.60 Å². The Kier molecular flexibility index (Phi) is 4.06. The zero-order valence-corrected chi connectivity index (χ0v) is 10.4. The van der Waals surface area contributed by atoms with Crippen molar-refractivity contribution >= 4 is 11.8 Å². The van der Waals surface area contributed by atoms with Crippen LogP contribution in [-0.2, 0) is 10.3 Å². The summed E-state index contributed by atoms with van der Waals surface area (Å²) in [5.41, 5.74) is 0.147. The number of benzene rings is 1. The van der Waals surface area contributed by atoms with Crippen LogP contribution in [0.15, 0.2) is 29.2 Å². The molecule has 90 valence electrons. The van der Waals surface area contributed by atoms with Crippen LogP contribution in [0.1, 0.15) is 18.4 Å². The molecule has 1 N–H and O–H groups in total. The van der Waals surface area contributed by atoms with Crippen molar-refractivity contribution in [3.8, 4) is 6.07 Å². The average molecular weight is 249 g/mol.